The molecule has 0 atom stereocenters. The average molecular weight is 263 g/mol. The van der Waals surface area contributed by atoms with Crippen LogP contribution in [0.4, 0.5) is 0 Å². The minimum Gasteiger partial charge on any atom is -0.330 e. The number of nitrogens with two attached hydrogens (primary N) is 1. The molecule has 0 spiro atoms. The molecule has 1 nitrogen and oxygen atoms in total. The van der Waals surface area contributed by atoms with Gasteiger partial charge in [0.1, 0.15) is 0 Å². The summed E-state index contributed by atoms with van der Waals surface area (Å²) in [5, 5.41) is 0. The first kappa shape index (κ1) is 14.4. The highest BCUT2D eigenvalue weighted by atomic mass is 14.5. The van der Waals surface area contributed by atoms with Gasteiger partial charge in [-0.2, -0.15) is 0 Å². The summed E-state index contributed by atoms with van der Waals surface area (Å²) in [6.07, 6.45) is 4.06. The molecule has 2 rings (SSSR count). The molecule has 2 aromatic carbocycles. The van der Waals surface area contributed by atoms with E-state index < -0.39 is 0 Å². The average Bonchev–Trinajstić information content (AvgIpc) is 2.50. The fourth-order valence-corrected chi connectivity index (χ4v) is 2.06. The van der Waals surface area contributed by atoms with Gasteiger partial charge in [0.2, 0.25) is 0 Å². The van der Waals surface area contributed by atoms with Crippen molar-refractivity contribution in [1.82, 2.24) is 0 Å². The first-order valence-electron chi connectivity index (χ1n) is 7.20. The van der Waals surface area contributed by atoms with Crippen LogP contribution in [-0.4, -0.2) is 6.54 Å². The summed E-state index contributed by atoms with van der Waals surface area (Å²) in [6.45, 7) is 0.760. The third-order valence-electron chi connectivity index (χ3n) is 3.19. The van der Waals surface area contributed by atoms with E-state index in [0.29, 0.717) is 0 Å². The van der Waals surface area contributed by atoms with Crippen molar-refractivity contribution in [1.29, 1.82) is 0 Å². The van der Waals surface area contributed by atoms with Gasteiger partial charge in [-0.25, -0.2) is 0 Å². The van der Waals surface area contributed by atoms with Crippen LogP contribution in [0.15, 0.2) is 54.6 Å². The summed E-state index contributed by atoms with van der Waals surface area (Å²) in [5.74, 6) is 6.40. The van der Waals surface area contributed by atoms with Crippen molar-refractivity contribution in [2.24, 2.45) is 5.73 Å². The highest BCUT2D eigenvalue weighted by molar-refractivity contribution is 5.37. The Morgan fingerprint density at radius 1 is 0.800 bits per heavy atom. The zero-order valence-corrected chi connectivity index (χ0v) is 11.8. The molecule has 0 amide bonds. The topological polar surface area (TPSA) is 26.0 Å². The first-order chi connectivity index (χ1) is 9.88. The Morgan fingerprint density at radius 3 is 2.20 bits per heavy atom. The van der Waals surface area contributed by atoms with Gasteiger partial charge >= 0.3 is 0 Å². The Labute approximate surface area is 121 Å². The van der Waals surface area contributed by atoms with Gasteiger partial charge in [-0.15, -0.1) is 0 Å². The maximum Gasteiger partial charge on any atom is 0.0245 e. The monoisotopic (exact) mass is 263 g/mol. The van der Waals surface area contributed by atoms with Crippen molar-refractivity contribution in [3.8, 4) is 11.8 Å². The van der Waals surface area contributed by atoms with Crippen LogP contribution < -0.4 is 5.73 Å². The maximum absolute atomic E-state index is 5.45. The molecule has 20 heavy (non-hydrogen) atoms. The number of unbranched alkanes of at least 4 members (excludes halogenated alkanes) is 2. The molecule has 0 unspecified atom stereocenters. The molecule has 0 aliphatic rings. The van der Waals surface area contributed by atoms with E-state index in [1.54, 1.807) is 0 Å². The van der Waals surface area contributed by atoms with Gasteiger partial charge in [-0.3, -0.25) is 0 Å². The lowest BCUT2D eigenvalue weighted by Gasteiger charge is -2.01. The third kappa shape index (κ3) is 4.91. The fraction of sp³-hybridized carbons (Fsp3) is 0.263. The van der Waals surface area contributed by atoms with Crippen molar-refractivity contribution in [3.05, 3.63) is 71.3 Å². The molecule has 2 aromatic rings. The van der Waals surface area contributed by atoms with Crippen LogP contribution in [0.2, 0.25) is 0 Å². The van der Waals surface area contributed by atoms with Crippen LogP contribution in [0, 0.1) is 11.8 Å². The summed E-state index contributed by atoms with van der Waals surface area (Å²) in [4.78, 5) is 0. The van der Waals surface area contributed by atoms with Gasteiger partial charge < -0.3 is 5.73 Å². The lowest BCUT2D eigenvalue weighted by Crippen LogP contribution is -1.96. The van der Waals surface area contributed by atoms with Crippen LogP contribution in [0.25, 0.3) is 0 Å². The van der Waals surface area contributed by atoms with Crippen LogP contribution >= 0.6 is 0 Å². The van der Waals surface area contributed by atoms with Gasteiger partial charge in [0.15, 0.2) is 0 Å². The van der Waals surface area contributed by atoms with Crippen molar-refractivity contribution >= 4 is 0 Å². The zero-order chi connectivity index (χ0) is 14.0. The molecule has 0 aliphatic carbocycles. The van der Waals surface area contributed by atoms with E-state index in [2.05, 4.69) is 60.4 Å². The summed E-state index contributed by atoms with van der Waals surface area (Å²) in [7, 11) is 0. The van der Waals surface area contributed by atoms with Crippen molar-refractivity contribution in [3.63, 3.8) is 0 Å². The normalized spacial score (nSPS) is 9.85. The number of hydrogen-bond donors (Lipinski definition) is 1. The second kappa shape index (κ2) is 8.19. The second-order valence-electron chi connectivity index (χ2n) is 4.91. The molecule has 2 N–H and O–H groups in total. The van der Waals surface area contributed by atoms with Crippen molar-refractivity contribution in [2.75, 3.05) is 6.54 Å². The van der Waals surface area contributed by atoms with Gasteiger partial charge in [0, 0.05) is 12.0 Å². The van der Waals surface area contributed by atoms with Gasteiger partial charge in [-0.05, 0) is 49.1 Å². The number of rotatable bonds is 5. The Kier molecular flexibility index (Phi) is 5.89. The Morgan fingerprint density at radius 2 is 1.50 bits per heavy atom. The first-order valence-corrected chi connectivity index (χ1v) is 7.20. The van der Waals surface area contributed by atoms with E-state index in [9.17, 15) is 0 Å². The molecule has 0 heterocycles. The molecule has 0 fully saturated rings. The molecule has 1 heteroatoms. The molecule has 102 valence electrons. The number of benzene rings is 2. The summed E-state index contributed by atoms with van der Waals surface area (Å²) < 4.78 is 0. The zero-order valence-electron chi connectivity index (χ0n) is 11.8. The molecule has 0 bridgehead atoms. The van der Waals surface area contributed by atoms with Crippen LogP contribution in [0.3, 0.4) is 0 Å². The summed E-state index contributed by atoms with van der Waals surface area (Å²) >= 11 is 0. The lowest BCUT2D eigenvalue weighted by molar-refractivity contribution is 0.768. The van der Waals surface area contributed by atoms with E-state index >= 15 is 0 Å². The standard InChI is InChI=1S/C19H21N/c20-15-7-2-1-4-8-17-11-13-19(14-12-17)16-18-9-5-3-6-10-18/h3,5-6,9-14H,1-2,7,15-16,20H2. The predicted octanol–water partition coefficient (Wildman–Crippen LogP) is 3.76. The highest BCUT2D eigenvalue weighted by Gasteiger charge is 1.95. The highest BCUT2D eigenvalue weighted by Crippen LogP contribution is 2.10. The molecule has 0 saturated heterocycles. The largest absolute Gasteiger partial charge is 0.330 e. The fourth-order valence-electron chi connectivity index (χ4n) is 2.06. The van der Waals surface area contributed by atoms with Gasteiger partial charge in [-0.1, -0.05) is 54.3 Å². The molecule has 0 aromatic heterocycles. The quantitative estimate of drug-likeness (QED) is 0.645. The lowest BCUT2D eigenvalue weighted by atomic mass is 10.0. The Hall–Kier alpha value is -2.04. The predicted molar refractivity (Wildman–Crippen MR) is 85.5 cm³/mol. The van der Waals surface area contributed by atoms with Crippen molar-refractivity contribution in [2.45, 2.75) is 25.7 Å². The smallest absolute Gasteiger partial charge is 0.0245 e. The third-order valence-corrected chi connectivity index (χ3v) is 3.19. The van der Waals surface area contributed by atoms with Gasteiger partial charge in [0.05, 0.1) is 0 Å². The van der Waals surface area contributed by atoms with Crippen LogP contribution in [0.5, 0.6) is 0 Å². The Balaban J connectivity index is 1.89. The van der Waals surface area contributed by atoms with Crippen LogP contribution in [0.1, 0.15) is 36.0 Å². The SMILES string of the molecule is NCCCCC#Cc1ccc(Cc2ccccc2)cc1. The second-order valence-corrected chi connectivity index (χ2v) is 4.91. The van der Waals surface area contributed by atoms with E-state index in [0.717, 1.165) is 37.8 Å². The molecule has 0 saturated carbocycles. The molecular weight excluding hydrogens is 242 g/mol. The summed E-state index contributed by atoms with van der Waals surface area (Å²) in [5.41, 5.74) is 9.21. The maximum atomic E-state index is 5.45. The van der Waals surface area contributed by atoms with E-state index in [1.807, 2.05) is 6.07 Å². The summed E-state index contributed by atoms with van der Waals surface area (Å²) in [6, 6.07) is 19.1. The molecular formula is C19H21N. The number of hydrogen-bond acceptors (Lipinski definition) is 1. The molecule has 0 aliphatic heterocycles. The van der Waals surface area contributed by atoms with Crippen molar-refractivity contribution < 1.29 is 0 Å². The van der Waals surface area contributed by atoms with E-state index in [-0.39, 0.29) is 0 Å². The minimum absolute atomic E-state index is 0.760. The van der Waals surface area contributed by atoms with E-state index in [4.69, 9.17) is 5.73 Å². The minimum atomic E-state index is 0.760. The Bertz CT molecular complexity index is 558. The van der Waals surface area contributed by atoms with E-state index in [1.165, 1.54) is 11.1 Å². The van der Waals surface area contributed by atoms with Gasteiger partial charge in [0.25, 0.3) is 0 Å². The molecule has 0 radical (unpaired) electrons. The van der Waals surface area contributed by atoms with Crippen LogP contribution in [-0.2, 0) is 6.42 Å².